The fourth-order valence-corrected chi connectivity index (χ4v) is 4.42. The Labute approximate surface area is 141 Å². The molecule has 2 aromatic rings. The minimum Gasteiger partial charge on any atom is -0.508 e. The summed E-state index contributed by atoms with van der Waals surface area (Å²) in [6.07, 6.45) is 0.818. The zero-order chi connectivity index (χ0) is 14.6. The fourth-order valence-electron chi connectivity index (χ4n) is 2.26. The van der Waals surface area contributed by atoms with Crippen LogP contribution in [0.4, 0.5) is 0 Å². The number of phenols is 1. The topological polar surface area (TPSA) is 20.2 Å². The Morgan fingerprint density at radius 3 is 2.30 bits per heavy atom. The minimum absolute atomic E-state index is 0.0985. The van der Waals surface area contributed by atoms with Crippen molar-refractivity contribution in [3.63, 3.8) is 0 Å². The lowest BCUT2D eigenvalue weighted by Crippen LogP contribution is -2.33. The largest absolute Gasteiger partial charge is 0.508 e. The number of benzene rings is 2. The Balaban J connectivity index is 2.39. The number of rotatable bonds is 5. The molecule has 0 aliphatic heterocycles. The number of hydrogen-bond acceptors (Lipinski definition) is 1. The van der Waals surface area contributed by atoms with Crippen molar-refractivity contribution in [2.24, 2.45) is 0 Å². The summed E-state index contributed by atoms with van der Waals surface area (Å²) in [4.78, 5) is 0. The quantitative estimate of drug-likeness (QED) is 0.652. The first-order valence-electron chi connectivity index (χ1n) is 6.25. The summed E-state index contributed by atoms with van der Waals surface area (Å²) in [7, 11) is 0. The van der Waals surface area contributed by atoms with Gasteiger partial charge in [0.1, 0.15) is 5.75 Å². The van der Waals surface area contributed by atoms with Crippen LogP contribution in [0.25, 0.3) is 0 Å². The van der Waals surface area contributed by atoms with Gasteiger partial charge in [-0.2, -0.15) is 0 Å². The van der Waals surface area contributed by atoms with E-state index < -0.39 is 0 Å². The molecule has 1 nitrogen and oxygen atoms in total. The van der Waals surface area contributed by atoms with Crippen LogP contribution in [0, 0.1) is 0 Å². The molecule has 0 bridgehead atoms. The van der Waals surface area contributed by atoms with Crippen LogP contribution in [-0.2, 0) is 11.8 Å². The van der Waals surface area contributed by atoms with Gasteiger partial charge in [-0.05, 0) is 41.8 Å². The number of aromatic hydroxyl groups is 1. The standard InChI is InChI=1S/C16H15Br2ClO/c17-10-16(11-18,13-4-2-5-14(19)8-13)9-12-3-1-6-15(20)7-12/h1-8,20H,9-11H2. The third-order valence-corrected chi connectivity index (χ3v) is 5.78. The van der Waals surface area contributed by atoms with E-state index in [9.17, 15) is 5.11 Å². The van der Waals surface area contributed by atoms with E-state index in [1.54, 1.807) is 6.07 Å². The zero-order valence-electron chi connectivity index (χ0n) is 10.8. The second-order valence-corrected chi connectivity index (χ2v) is 6.46. The maximum absolute atomic E-state index is 9.63. The first kappa shape index (κ1) is 15.9. The zero-order valence-corrected chi connectivity index (χ0v) is 14.7. The minimum atomic E-state index is -0.0985. The van der Waals surface area contributed by atoms with E-state index in [1.807, 2.05) is 36.4 Å². The van der Waals surface area contributed by atoms with Crippen molar-refractivity contribution in [1.82, 2.24) is 0 Å². The molecule has 0 aliphatic rings. The molecule has 0 unspecified atom stereocenters. The predicted molar refractivity (Wildman–Crippen MR) is 92.5 cm³/mol. The monoisotopic (exact) mass is 416 g/mol. The van der Waals surface area contributed by atoms with Gasteiger partial charge in [0.25, 0.3) is 0 Å². The molecule has 0 amide bonds. The highest BCUT2D eigenvalue weighted by molar-refractivity contribution is 9.09. The lowest BCUT2D eigenvalue weighted by Gasteiger charge is -2.31. The van der Waals surface area contributed by atoms with Gasteiger partial charge < -0.3 is 5.11 Å². The number of halogens is 3. The van der Waals surface area contributed by atoms with Crippen molar-refractivity contribution in [3.05, 3.63) is 64.7 Å². The van der Waals surface area contributed by atoms with Crippen molar-refractivity contribution >= 4 is 43.5 Å². The molecule has 20 heavy (non-hydrogen) atoms. The lowest BCUT2D eigenvalue weighted by atomic mass is 9.79. The van der Waals surface area contributed by atoms with E-state index in [0.29, 0.717) is 5.75 Å². The number of phenolic OH excluding ortho intramolecular Hbond substituents is 1. The summed E-state index contributed by atoms with van der Waals surface area (Å²) in [5.74, 6) is 0.298. The van der Waals surface area contributed by atoms with Crippen LogP contribution in [0.1, 0.15) is 11.1 Å². The molecule has 2 rings (SSSR count). The number of hydrogen-bond donors (Lipinski definition) is 1. The van der Waals surface area contributed by atoms with Gasteiger partial charge in [-0.3, -0.25) is 0 Å². The van der Waals surface area contributed by atoms with Gasteiger partial charge in [-0.25, -0.2) is 0 Å². The van der Waals surface area contributed by atoms with Gasteiger partial charge >= 0.3 is 0 Å². The molecular formula is C16H15Br2ClO. The second kappa shape index (κ2) is 6.97. The molecule has 2 aromatic carbocycles. The summed E-state index contributed by atoms with van der Waals surface area (Å²) < 4.78 is 0. The molecule has 4 heteroatoms. The van der Waals surface area contributed by atoms with E-state index in [2.05, 4.69) is 37.9 Å². The molecule has 0 aromatic heterocycles. The number of alkyl halides is 2. The van der Waals surface area contributed by atoms with Crippen LogP contribution in [0.15, 0.2) is 48.5 Å². The van der Waals surface area contributed by atoms with Crippen molar-refractivity contribution in [2.45, 2.75) is 11.8 Å². The van der Waals surface area contributed by atoms with Crippen molar-refractivity contribution < 1.29 is 5.11 Å². The SMILES string of the molecule is Oc1cccc(CC(CBr)(CBr)c2cccc(Cl)c2)c1. The molecule has 0 spiro atoms. The Kier molecular flexibility index (Phi) is 5.53. The molecule has 0 radical (unpaired) electrons. The molecule has 1 N–H and O–H groups in total. The fraction of sp³-hybridized carbons (Fsp3) is 0.250. The van der Waals surface area contributed by atoms with Crippen molar-refractivity contribution in [2.75, 3.05) is 10.7 Å². The summed E-state index contributed by atoms with van der Waals surface area (Å²) in [5, 5.41) is 12.0. The summed E-state index contributed by atoms with van der Waals surface area (Å²) in [6, 6.07) is 15.4. The molecule has 106 valence electrons. The first-order chi connectivity index (χ1) is 9.59. The lowest BCUT2D eigenvalue weighted by molar-refractivity contribution is 0.472. The smallest absolute Gasteiger partial charge is 0.115 e. The highest BCUT2D eigenvalue weighted by atomic mass is 79.9. The van der Waals surface area contributed by atoms with Gasteiger partial charge in [-0.1, -0.05) is 67.7 Å². The van der Waals surface area contributed by atoms with Gasteiger partial charge in [-0.15, -0.1) is 0 Å². The van der Waals surface area contributed by atoms with Gasteiger partial charge in [0.15, 0.2) is 0 Å². The Hall–Kier alpha value is -0.510. The average molecular weight is 419 g/mol. The summed E-state index contributed by atoms with van der Waals surface area (Å²) >= 11 is 13.4. The van der Waals surface area contributed by atoms with E-state index >= 15 is 0 Å². The van der Waals surface area contributed by atoms with Crippen LogP contribution < -0.4 is 0 Å². The van der Waals surface area contributed by atoms with Crippen LogP contribution in [0.2, 0.25) is 5.02 Å². The molecular weight excluding hydrogens is 403 g/mol. The van der Waals surface area contributed by atoms with Crippen LogP contribution in [0.3, 0.4) is 0 Å². The third kappa shape index (κ3) is 3.57. The molecule has 0 saturated heterocycles. The molecule has 0 fully saturated rings. The first-order valence-corrected chi connectivity index (χ1v) is 8.87. The maximum Gasteiger partial charge on any atom is 0.115 e. The highest BCUT2D eigenvalue weighted by Gasteiger charge is 2.30. The van der Waals surface area contributed by atoms with E-state index in [4.69, 9.17) is 11.6 Å². The predicted octanol–water partition coefficient (Wildman–Crippen LogP) is 5.32. The molecule has 0 atom stereocenters. The van der Waals surface area contributed by atoms with Gasteiger partial charge in [0.05, 0.1) is 0 Å². The third-order valence-electron chi connectivity index (χ3n) is 3.40. The maximum atomic E-state index is 9.63. The van der Waals surface area contributed by atoms with Crippen LogP contribution in [-0.4, -0.2) is 15.8 Å². The van der Waals surface area contributed by atoms with Crippen molar-refractivity contribution in [1.29, 1.82) is 0 Å². The molecule has 0 saturated carbocycles. The van der Waals surface area contributed by atoms with E-state index in [0.717, 1.165) is 27.7 Å². The van der Waals surface area contributed by atoms with Crippen molar-refractivity contribution in [3.8, 4) is 5.75 Å². The molecule has 0 heterocycles. The average Bonchev–Trinajstić information content (AvgIpc) is 2.45. The summed E-state index contributed by atoms with van der Waals surface area (Å²) in [5.41, 5.74) is 2.18. The second-order valence-electron chi connectivity index (χ2n) is 4.90. The van der Waals surface area contributed by atoms with Gasteiger partial charge in [0, 0.05) is 21.1 Å². The van der Waals surface area contributed by atoms with Crippen LogP contribution >= 0.6 is 43.5 Å². The normalized spacial score (nSPS) is 11.6. The highest BCUT2D eigenvalue weighted by Crippen LogP contribution is 2.34. The summed E-state index contributed by atoms with van der Waals surface area (Å²) in [6.45, 7) is 0. The van der Waals surface area contributed by atoms with Gasteiger partial charge in [0.2, 0.25) is 0 Å². The Morgan fingerprint density at radius 2 is 1.70 bits per heavy atom. The molecule has 0 aliphatic carbocycles. The Bertz CT molecular complexity index is 582. The van der Waals surface area contributed by atoms with E-state index in [-0.39, 0.29) is 5.41 Å². The Morgan fingerprint density at radius 1 is 1.00 bits per heavy atom. The van der Waals surface area contributed by atoms with E-state index in [1.165, 1.54) is 5.56 Å². The van der Waals surface area contributed by atoms with Crippen LogP contribution in [0.5, 0.6) is 5.75 Å².